The number of amidine groups is 1. The minimum Gasteiger partial charge on any atom is -0.357 e. The summed E-state index contributed by atoms with van der Waals surface area (Å²) in [5.74, 6) is -0.0281. The van der Waals surface area contributed by atoms with E-state index >= 15 is 0 Å². The lowest BCUT2D eigenvalue weighted by molar-refractivity contribution is -0.135. The minimum atomic E-state index is -0.690. The number of nitrogens with one attached hydrogen (secondary N) is 3. The highest BCUT2D eigenvalue weighted by Crippen LogP contribution is 2.16. The molecule has 8 heteroatoms. The molecular weight excluding hydrogens is 430 g/mol. The lowest BCUT2D eigenvalue weighted by Gasteiger charge is -2.31. The molecule has 3 N–H and O–H groups in total. The van der Waals surface area contributed by atoms with Crippen LogP contribution in [0.1, 0.15) is 37.3 Å². The Morgan fingerprint density at radius 2 is 2.00 bits per heavy atom. The average Bonchev–Trinajstić information content (AvgIpc) is 2.81. The second-order valence-corrected chi connectivity index (χ2v) is 8.18. The standard InChI is InChI=1S/C26H35N5O3/c1-6-7-11-23(25(33)27-5)31-20(4)28-14-9-8-10-21(16-24(31)32)17-29-26(34)30-22-13-12-18(2)19(3)15-22/h6,8-10,12-13,15,23H,1,7,11,14,16-17H2,2-5H3,(H,27,33)(H2,29,30,34)/b9-8-,21-10+,28-20?. The third kappa shape index (κ3) is 7.72. The monoisotopic (exact) mass is 465 g/mol. The molecule has 0 saturated heterocycles. The van der Waals surface area contributed by atoms with Gasteiger partial charge in [-0.25, -0.2) is 4.79 Å². The highest BCUT2D eigenvalue weighted by atomic mass is 16.2. The van der Waals surface area contributed by atoms with Crippen molar-refractivity contribution >= 4 is 29.4 Å². The first-order valence-electron chi connectivity index (χ1n) is 11.4. The van der Waals surface area contributed by atoms with Crippen molar-refractivity contribution in [2.75, 3.05) is 25.5 Å². The van der Waals surface area contributed by atoms with Crippen LogP contribution in [0.25, 0.3) is 0 Å². The quantitative estimate of drug-likeness (QED) is 0.511. The predicted molar refractivity (Wildman–Crippen MR) is 137 cm³/mol. The fourth-order valence-electron chi connectivity index (χ4n) is 3.57. The number of likely N-dealkylation sites (N-methyl/N-ethyl adjacent to an activating group) is 1. The minimum absolute atomic E-state index is 0.0443. The molecule has 0 fully saturated rings. The Morgan fingerprint density at radius 1 is 1.24 bits per heavy atom. The van der Waals surface area contributed by atoms with Gasteiger partial charge in [0, 0.05) is 19.3 Å². The van der Waals surface area contributed by atoms with E-state index in [1.165, 1.54) is 4.90 Å². The fourth-order valence-corrected chi connectivity index (χ4v) is 3.57. The first-order valence-corrected chi connectivity index (χ1v) is 11.4. The van der Waals surface area contributed by atoms with E-state index in [9.17, 15) is 14.4 Å². The van der Waals surface area contributed by atoms with Crippen molar-refractivity contribution in [3.05, 3.63) is 65.8 Å². The number of aliphatic imine (C=N–C) groups is 1. The topological polar surface area (TPSA) is 103 Å². The molecule has 1 unspecified atom stereocenters. The van der Waals surface area contributed by atoms with Crippen molar-refractivity contribution in [1.82, 2.24) is 15.5 Å². The first kappa shape index (κ1) is 26.6. The number of nitrogens with zero attached hydrogens (tertiary/aromatic N) is 2. The van der Waals surface area contributed by atoms with E-state index < -0.39 is 6.04 Å². The zero-order chi connectivity index (χ0) is 25.1. The Hall–Kier alpha value is -3.68. The lowest BCUT2D eigenvalue weighted by atomic mass is 10.1. The van der Waals surface area contributed by atoms with Crippen molar-refractivity contribution in [3.8, 4) is 0 Å². The van der Waals surface area contributed by atoms with Crippen molar-refractivity contribution in [2.45, 2.75) is 46.1 Å². The molecule has 1 heterocycles. The molecule has 1 aliphatic heterocycles. The number of hydrogen-bond donors (Lipinski definition) is 3. The third-order valence-corrected chi connectivity index (χ3v) is 5.63. The lowest BCUT2D eigenvalue weighted by Crippen LogP contribution is -2.51. The van der Waals surface area contributed by atoms with Crippen molar-refractivity contribution in [3.63, 3.8) is 0 Å². The van der Waals surface area contributed by atoms with Gasteiger partial charge in [0.05, 0.1) is 13.0 Å². The van der Waals surface area contributed by atoms with Crippen LogP contribution >= 0.6 is 0 Å². The van der Waals surface area contributed by atoms with E-state index in [0.717, 1.165) is 16.7 Å². The molecule has 8 nitrogen and oxygen atoms in total. The summed E-state index contributed by atoms with van der Waals surface area (Å²) >= 11 is 0. The van der Waals surface area contributed by atoms with Crippen LogP contribution in [0.15, 0.2) is 59.6 Å². The number of amides is 4. The summed E-state index contributed by atoms with van der Waals surface area (Å²) in [6.45, 7) is 10.0. The molecule has 34 heavy (non-hydrogen) atoms. The second-order valence-electron chi connectivity index (χ2n) is 8.18. The van der Waals surface area contributed by atoms with Gasteiger partial charge in [0.25, 0.3) is 0 Å². The highest BCUT2D eigenvalue weighted by molar-refractivity contribution is 6.02. The van der Waals surface area contributed by atoms with Gasteiger partial charge in [-0.1, -0.05) is 30.4 Å². The number of allylic oxidation sites excluding steroid dienone is 3. The number of hydrogen-bond acceptors (Lipinski definition) is 4. The van der Waals surface area contributed by atoms with Gasteiger partial charge in [-0.2, -0.15) is 0 Å². The first-order chi connectivity index (χ1) is 16.3. The van der Waals surface area contributed by atoms with E-state index in [-0.39, 0.29) is 30.8 Å². The van der Waals surface area contributed by atoms with E-state index in [1.54, 1.807) is 26.1 Å². The largest absolute Gasteiger partial charge is 0.357 e. The van der Waals surface area contributed by atoms with Crippen LogP contribution in [-0.4, -0.2) is 54.8 Å². The molecule has 4 amide bonds. The summed E-state index contributed by atoms with van der Waals surface area (Å²) in [5.41, 5.74) is 3.65. The van der Waals surface area contributed by atoms with Crippen molar-refractivity contribution in [2.24, 2.45) is 4.99 Å². The Bertz CT molecular complexity index is 1010. The number of carbonyl (C=O) groups is 3. The molecule has 1 aromatic rings. The molecule has 0 bridgehead atoms. The predicted octanol–water partition coefficient (Wildman–Crippen LogP) is 3.64. The van der Waals surface area contributed by atoms with Crippen molar-refractivity contribution < 1.29 is 14.4 Å². The van der Waals surface area contributed by atoms with Gasteiger partial charge < -0.3 is 16.0 Å². The van der Waals surface area contributed by atoms with Crippen molar-refractivity contribution in [1.29, 1.82) is 0 Å². The van der Waals surface area contributed by atoms with Crippen LogP contribution in [0.2, 0.25) is 0 Å². The molecular formula is C26H35N5O3. The van der Waals surface area contributed by atoms with Crippen LogP contribution in [0.3, 0.4) is 0 Å². The maximum absolute atomic E-state index is 13.3. The summed E-state index contributed by atoms with van der Waals surface area (Å²) in [5, 5.41) is 8.28. The number of anilines is 1. The van der Waals surface area contributed by atoms with Crippen LogP contribution < -0.4 is 16.0 Å². The van der Waals surface area contributed by atoms with Gasteiger partial charge in [-0.05, 0) is 62.4 Å². The number of carbonyl (C=O) groups excluding carboxylic acids is 3. The van der Waals surface area contributed by atoms with E-state index in [1.807, 2.05) is 44.2 Å². The molecule has 1 aromatic carbocycles. The number of urea groups is 1. The molecule has 0 saturated carbocycles. The Kier molecular flexibility index (Phi) is 10.3. The van der Waals surface area contributed by atoms with E-state index in [0.29, 0.717) is 30.9 Å². The summed E-state index contributed by atoms with van der Waals surface area (Å²) in [6, 6.07) is 4.66. The molecule has 0 spiro atoms. The molecule has 0 aliphatic carbocycles. The number of aryl methyl sites for hydroxylation is 2. The number of benzene rings is 1. The molecule has 1 aliphatic rings. The average molecular weight is 466 g/mol. The van der Waals surface area contributed by atoms with Crippen LogP contribution in [0.4, 0.5) is 10.5 Å². The van der Waals surface area contributed by atoms with Gasteiger partial charge in [-0.15, -0.1) is 6.58 Å². The fraction of sp³-hybridized carbons (Fsp3) is 0.385. The Balaban J connectivity index is 2.14. The Morgan fingerprint density at radius 3 is 2.68 bits per heavy atom. The van der Waals surface area contributed by atoms with E-state index in [2.05, 4.69) is 27.5 Å². The van der Waals surface area contributed by atoms with E-state index in [4.69, 9.17) is 0 Å². The zero-order valence-electron chi connectivity index (χ0n) is 20.5. The highest BCUT2D eigenvalue weighted by Gasteiger charge is 2.31. The smallest absolute Gasteiger partial charge is 0.319 e. The Labute approximate surface area is 201 Å². The summed E-state index contributed by atoms with van der Waals surface area (Å²) in [7, 11) is 1.55. The van der Waals surface area contributed by atoms with Gasteiger partial charge in [0.1, 0.15) is 11.9 Å². The maximum atomic E-state index is 13.3. The van der Waals surface area contributed by atoms with Gasteiger partial charge in [0.15, 0.2) is 0 Å². The van der Waals surface area contributed by atoms with Crippen LogP contribution in [0.5, 0.6) is 0 Å². The third-order valence-electron chi connectivity index (χ3n) is 5.63. The summed E-state index contributed by atoms with van der Waals surface area (Å²) < 4.78 is 0. The summed E-state index contributed by atoms with van der Waals surface area (Å²) in [6.07, 6.45) is 8.28. The SMILES string of the molecule is C=CCCC(C(=O)NC)N1C(=O)C/C(CNC(=O)Nc2ccc(C)c(C)c2)=C\C=C/CN=C1C. The maximum Gasteiger partial charge on any atom is 0.319 e. The van der Waals surface area contributed by atoms with Gasteiger partial charge >= 0.3 is 6.03 Å². The van der Waals surface area contributed by atoms with Crippen LogP contribution in [-0.2, 0) is 9.59 Å². The molecule has 2 rings (SSSR count). The molecule has 0 aromatic heterocycles. The number of rotatable bonds is 8. The summed E-state index contributed by atoms with van der Waals surface area (Å²) in [4.78, 5) is 44.3. The second kappa shape index (κ2) is 13.1. The molecule has 182 valence electrons. The van der Waals surface area contributed by atoms with Gasteiger partial charge in [-0.3, -0.25) is 19.5 Å². The normalized spacial score (nSPS) is 17.5. The molecule has 0 radical (unpaired) electrons. The van der Waals surface area contributed by atoms with Gasteiger partial charge in [0.2, 0.25) is 11.8 Å². The molecule has 1 atom stereocenters. The zero-order valence-corrected chi connectivity index (χ0v) is 20.5. The van der Waals surface area contributed by atoms with Crippen LogP contribution in [0, 0.1) is 13.8 Å².